The SMILES string of the molecule is CCc1ccc(-c2ccccc2Sc2ccc(-c3cc4c(c(-c5ccccc5)c3-c3ccccc3)Cc3ccccc3-4)cc2)c2c1-c1ccccc1C2. The van der Waals surface area contributed by atoms with E-state index >= 15 is 0 Å². The van der Waals surface area contributed by atoms with Gasteiger partial charge in [0.15, 0.2) is 0 Å². The Morgan fingerprint density at radius 3 is 1.66 bits per heavy atom. The van der Waals surface area contributed by atoms with Gasteiger partial charge < -0.3 is 0 Å². The van der Waals surface area contributed by atoms with Crippen molar-refractivity contribution in [1.29, 1.82) is 0 Å². The Morgan fingerprint density at radius 2 is 0.962 bits per heavy atom. The third-order valence-corrected chi connectivity index (χ3v) is 12.3. The van der Waals surface area contributed by atoms with Crippen LogP contribution in [0, 0.1) is 0 Å². The highest BCUT2D eigenvalue weighted by molar-refractivity contribution is 7.99. The first-order valence-electron chi connectivity index (χ1n) is 18.7. The highest BCUT2D eigenvalue weighted by Gasteiger charge is 2.28. The van der Waals surface area contributed by atoms with Crippen LogP contribution in [0.1, 0.15) is 34.7 Å². The Labute approximate surface area is 316 Å². The molecule has 0 saturated carbocycles. The van der Waals surface area contributed by atoms with E-state index in [1.807, 2.05) is 11.8 Å². The summed E-state index contributed by atoms with van der Waals surface area (Å²) < 4.78 is 0. The molecule has 0 N–H and O–H groups in total. The van der Waals surface area contributed by atoms with Gasteiger partial charge in [-0.3, -0.25) is 0 Å². The number of fused-ring (bicyclic) bond motifs is 6. The topological polar surface area (TPSA) is 0 Å². The third kappa shape index (κ3) is 5.47. The van der Waals surface area contributed by atoms with Crippen molar-refractivity contribution in [3.8, 4) is 66.8 Å². The maximum Gasteiger partial charge on any atom is 0.0200 e. The van der Waals surface area contributed by atoms with Crippen LogP contribution in [0.3, 0.4) is 0 Å². The summed E-state index contributed by atoms with van der Waals surface area (Å²) in [4.78, 5) is 2.52. The minimum atomic E-state index is 0.946. The smallest absolute Gasteiger partial charge is 0.0200 e. The van der Waals surface area contributed by atoms with Crippen molar-refractivity contribution >= 4 is 11.8 Å². The van der Waals surface area contributed by atoms with Gasteiger partial charge in [-0.15, -0.1) is 0 Å². The average Bonchev–Trinajstić information content (AvgIpc) is 3.80. The van der Waals surface area contributed by atoms with Crippen LogP contribution >= 0.6 is 11.8 Å². The van der Waals surface area contributed by atoms with E-state index in [-0.39, 0.29) is 0 Å². The second-order valence-corrected chi connectivity index (χ2v) is 15.3. The lowest BCUT2D eigenvalue weighted by Crippen LogP contribution is -1.97. The summed E-state index contributed by atoms with van der Waals surface area (Å²) in [7, 11) is 0. The first-order valence-corrected chi connectivity index (χ1v) is 19.6. The molecule has 1 heteroatoms. The van der Waals surface area contributed by atoms with Crippen molar-refractivity contribution in [2.24, 2.45) is 0 Å². The van der Waals surface area contributed by atoms with Gasteiger partial charge in [-0.25, -0.2) is 0 Å². The maximum atomic E-state index is 2.46. The molecular weight excluding hydrogens is 657 g/mol. The lowest BCUT2D eigenvalue weighted by molar-refractivity contribution is 1.13. The fraction of sp³-hybridized carbons (Fsp3) is 0.0769. The van der Waals surface area contributed by atoms with Crippen LogP contribution in [0.15, 0.2) is 186 Å². The predicted octanol–water partition coefficient (Wildman–Crippen LogP) is 14.2. The fourth-order valence-electron chi connectivity index (χ4n) is 8.81. The lowest BCUT2D eigenvalue weighted by atomic mass is 9.82. The van der Waals surface area contributed by atoms with Gasteiger partial charge in [0.1, 0.15) is 0 Å². The summed E-state index contributed by atoms with van der Waals surface area (Å²) >= 11 is 1.86. The third-order valence-electron chi connectivity index (χ3n) is 11.2. The zero-order valence-electron chi connectivity index (χ0n) is 29.8. The van der Waals surface area contributed by atoms with Crippen molar-refractivity contribution in [3.63, 3.8) is 0 Å². The molecule has 252 valence electrons. The van der Waals surface area contributed by atoms with Gasteiger partial charge in [0.05, 0.1) is 0 Å². The molecule has 0 aromatic heterocycles. The van der Waals surface area contributed by atoms with Crippen molar-refractivity contribution in [3.05, 3.63) is 204 Å². The van der Waals surface area contributed by atoms with Crippen LogP contribution in [-0.2, 0) is 19.3 Å². The van der Waals surface area contributed by atoms with Crippen LogP contribution in [-0.4, -0.2) is 0 Å². The molecule has 0 aliphatic heterocycles. The molecule has 0 amide bonds. The van der Waals surface area contributed by atoms with Crippen molar-refractivity contribution in [2.45, 2.75) is 36.0 Å². The van der Waals surface area contributed by atoms with E-state index in [9.17, 15) is 0 Å². The second-order valence-electron chi connectivity index (χ2n) is 14.2. The highest BCUT2D eigenvalue weighted by Crippen LogP contribution is 2.51. The molecule has 0 radical (unpaired) electrons. The minimum Gasteiger partial charge on any atom is -0.0895 e. The maximum absolute atomic E-state index is 2.46. The quantitative estimate of drug-likeness (QED) is 0.160. The molecule has 0 bridgehead atoms. The summed E-state index contributed by atoms with van der Waals surface area (Å²) in [6, 6.07) is 65.3. The molecule has 10 rings (SSSR count). The van der Waals surface area contributed by atoms with Gasteiger partial charge in [0.25, 0.3) is 0 Å². The van der Waals surface area contributed by atoms with E-state index in [4.69, 9.17) is 0 Å². The van der Waals surface area contributed by atoms with Crippen LogP contribution < -0.4 is 0 Å². The van der Waals surface area contributed by atoms with Gasteiger partial charge in [0, 0.05) is 9.79 Å². The van der Waals surface area contributed by atoms with E-state index in [0.717, 1.165) is 19.3 Å². The Bertz CT molecular complexity index is 2650. The first-order chi connectivity index (χ1) is 26.2. The Morgan fingerprint density at radius 1 is 0.396 bits per heavy atom. The van der Waals surface area contributed by atoms with E-state index in [1.54, 1.807) is 0 Å². The molecular formula is C52H38S. The predicted molar refractivity (Wildman–Crippen MR) is 225 cm³/mol. The Hall–Kier alpha value is -5.89. The molecule has 8 aromatic rings. The Kier molecular flexibility index (Phi) is 7.96. The van der Waals surface area contributed by atoms with Crippen molar-refractivity contribution in [2.75, 3.05) is 0 Å². The molecule has 0 unspecified atom stereocenters. The van der Waals surface area contributed by atoms with Gasteiger partial charge in [-0.05, 0) is 138 Å². The summed E-state index contributed by atoms with van der Waals surface area (Å²) in [5.41, 5.74) is 23.1. The summed E-state index contributed by atoms with van der Waals surface area (Å²) in [6.45, 7) is 2.27. The van der Waals surface area contributed by atoms with Gasteiger partial charge in [0.2, 0.25) is 0 Å². The molecule has 0 saturated heterocycles. The number of benzene rings is 8. The van der Waals surface area contributed by atoms with Gasteiger partial charge >= 0.3 is 0 Å². The second kappa shape index (κ2) is 13.3. The molecule has 0 nitrogen and oxygen atoms in total. The largest absolute Gasteiger partial charge is 0.0895 e. The molecule has 0 fully saturated rings. The molecule has 8 aromatic carbocycles. The summed E-state index contributed by atoms with van der Waals surface area (Å²) in [6.07, 6.45) is 2.97. The van der Waals surface area contributed by atoms with Crippen molar-refractivity contribution < 1.29 is 0 Å². The molecule has 2 aliphatic rings. The number of aryl methyl sites for hydroxylation is 1. The van der Waals surface area contributed by atoms with E-state index in [0.29, 0.717) is 0 Å². The zero-order valence-corrected chi connectivity index (χ0v) is 30.6. The normalized spacial score (nSPS) is 12.2. The minimum absolute atomic E-state index is 0.946. The number of hydrogen-bond donors (Lipinski definition) is 0. The monoisotopic (exact) mass is 694 g/mol. The molecule has 0 heterocycles. The highest BCUT2D eigenvalue weighted by atomic mass is 32.2. The van der Waals surface area contributed by atoms with E-state index in [2.05, 4.69) is 183 Å². The first kappa shape index (κ1) is 31.8. The van der Waals surface area contributed by atoms with Gasteiger partial charge in [-0.1, -0.05) is 170 Å². The molecule has 2 aliphatic carbocycles. The molecule has 0 atom stereocenters. The van der Waals surface area contributed by atoms with Crippen LogP contribution in [0.25, 0.3) is 66.8 Å². The fourth-order valence-corrected chi connectivity index (χ4v) is 9.77. The van der Waals surface area contributed by atoms with Crippen molar-refractivity contribution in [1.82, 2.24) is 0 Å². The van der Waals surface area contributed by atoms with Gasteiger partial charge in [-0.2, -0.15) is 0 Å². The number of hydrogen-bond acceptors (Lipinski definition) is 1. The standard InChI is InChI=1S/C52H38S/c1-2-34-27-30-43(47-32-39-20-10-12-22-42(39)50(34)47)44-23-13-14-24-49(44)53-40-28-25-35(26-29-40)45-33-46-41-21-11-9-19-38(41)31-48(46)52(37-17-7-4-8-18-37)51(45)36-15-5-3-6-16-36/h3-30,33H,2,31-32H2,1H3. The Balaban J connectivity index is 1.08. The average molecular weight is 695 g/mol. The summed E-state index contributed by atoms with van der Waals surface area (Å²) in [5.74, 6) is 0. The number of rotatable bonds is 7. The van der Waals surface area contributed by atoms with Crippen LogP contribution in [0.5, 0.6) is 0 Å². The lowest BCUT2D eigenvalue weighted by Gasteiger charge is -2.21. The van der Waals surface area contributed by atoms with E-state index < -0.39 is 0 Å². The van der Waals surface area contributed by atoms with E-state index in [1.165, 1.54) is 104 Å². The molecule has 53 heavy (non-hydrogen) atoms. The van der Waals surface area contributed by atoms with Crippen LogP contribution in [0.2, 0.25) is 0 Å². The molecule has 0 spiro atoms. The zero-order chi connectivity index (χ0) is 35.3. The summed E-state index contributed by atoms with van der Waals surface area (Å²) in [5, 5.41) is 0. The van der Waals surface area contributed by atoms with Crippen LogP contribution in [0.4, 0.5) is 0 Å².